The zero-order chi connectivity index (χ0) is 15.8. The molecule has 0 aliphatic carbocycles. The zero-order valence-electron chi connectivity index (χ0n) is 12.3. The molecule has 0 aromatic heterocycles. The van der Waals surface area contributed by atoms with Gasteiger partial charge in [0.05, 0.1) is 25.1 Å². The van der Waals surface area contributed by atoms with Crippen molar-refractivity contribution >= 4 is 10.9 Å². The predicted molar refractivity (Wildman–Crippen MR) is 78.5 cm³/mol. The van der Waals surface area contributed by atoms with Crippen LogP contribution < -0.4 is 0 Å². The standard InChI is InChI=1S/C13H26O7S/c1-7(2)21-4-3-19-6-9(21)13(18)12(17)11(16)10(15)8(5-14)20-13/h7-12,14-18,21H,3-6H2,1-2H3/t8-,9?,10+,11+,12-,13?/m1/s1. The molecule has 0 bridgehead atoms. The molecule has 2 aliphatic heterocycles. The van der Waals surface area contributed by atoms with Crippen molar-refractivity contribution in [3.05, 3.63) is 0 Å². The summed E-state index contributed by atoms with van der Waals surface area (Å²) in [5, 5.41) is 49.9. The maximum Gasteiger partial charge on any atom is 0.207 e. The lowest BCUT2D eigenvalue weighted by Gasteiger charge is -2.53. The van der Waals surface area contributed by atoms with E-state index in [-0.39, 0.29) is 6.61 Å². The third-order valence-electron chi connectivity index (χ3n) is 4.31. The molecule has 2 heterocycles. The van der Waals surface area contributed by atoms with Crippen LogP contribution in [0.25, 0.3) is 0 Å². The Labute approximate surface area is 126 Å². The van der Waals surface area contributed by atoms with Crippen molar-refractivity contribution in [3.63, 3.8) is 0 Å². The van der Waals surface area contributed by atoms with Gasteiger partial charge in [0.1, 0.15) is 24.4 Å². The van der Waals surface area contributed by atoms with Gasteiger partial charge in [-0.15, -0.1) is 0 Å². The fourth-order valence-corrected chi connectivity index (χ4v) is 5.92. The third-order valence-corrected chi connectivity index (χ3v) is 7.65. The van der Waals surface area contributed by atoms with E-state index in [1.807, 2.05) is 13.8 Å². The van der Waals surface area contributed by atoms with Gasteiger partial charge in [0.25, 0.3) is 0 Å². The zero-order valence-corrected chi connectivity index (χ0v) is 13.2. The van der Waals surface area contributed by atoms with Crippen LogP contribution in [-0.2, 0) is 9.47 Å². The van der Waals surface area contributed by atoms with Gasteiger partial charge >= 0.3 is 0 Å². The number of rotatable bonds is 3. The van der Waals surface area contributed by atoms with Gasteiger partial charge in [-0.05, 0) is 11.0 Å². The van der Waals surface area contributed by atoms with Gasteiger partial charge in [-0.25, -0.2) is 10.9 Å². The van der Waals surface area contributed by atoms with Gasteiger partial charge in [-0.2, -0.15) is 0 Å². The second-order valence-electron chi connectivity index (χ2n) is 5.94. The highest BCUT2D eigenvalue weighted by Crippen LogP contribution is 2.47. The Balaban J connectivity index is 2.29. The Kier molecular flexibility index (Phi) is 5.54. The first-order valence-corrected chi connectivity index (χ1v) is 8.88. The molecule has 3 unspecified atom stereocenters. The maximum atomic E-state index is 10.9. The van der Waals surface area contributed by atoms with E-state index < -0.39 is 53.0 Å². The van der Waals surface area contributed by atoms with E-state index in [2.05, 4.69) is 0 Å². The van der Waals surface area contributed by atoms with E-state index in [1.165, 1.54) is 0 Å². The summed E-state index contributed by atoms with van der Waals surface area (Å²) >= 11 is 0. The minimum Gasteiger partial charge on any atom is -0.394 e. The van der Waals surface area contributed by atoms with Gasteiger partial charge < -0.3 is 35.0 Å². The van der Waals surface area contributed by atoms with Crippen LogP contribution in [0.5, 0.6) is 0 Å². The SMILES string of the molecule is CC(C)[SH]1CCOCC1C1(O)O[C@H](CO)[C@H](O)[C@H](O)[C@H]1O. The molecular formula is C13H26O7S. The molecule has 0 aromatic carbocycles. The van der Waals surface area contributed by atoms with Crippen LogP contribution in [0, 0.1) is 0 Å². The summed E-state index contributed by atoms with van der Waals surface area (Å²) < 4.78 is 10.8. The van der Waals surface area contributed by atoms with Crippen LogP contribution in [0.3, 0.4) is 0 Å². The molecule has 0 aromatic rings. The van der Waals surface area contributed by atoms with Crippen molar-refractivity contribution in [1.82, 2.24) is 0 Å². The summed E-state index contributed by atoms with van der Waals surface area (Å²) in [6.07, 6.45) is -5.81. The van der Waals surface area contributed by atoms with Gasteiger partial charge in [0.2, 0.25) is 5.79 Å². The van der Waals surface area contributed by atoms with E-state index in [0.717, 1.165) is 5.75 Å². The van der Waals surface area contributed by atoms with Gasteiger partial charge in [-0.1, -0.05) is 13.8 Å². The van der Waals surface area contributed by atoms with Gasteiger partial charge in [0.15, 0.2) is 0 Å². The summed E-state index contributed by atoms with van der Waals surface area (Å²) in [5.41, 5.74) is 0. The molecule has 126 valence electrons. The number of hydrogen-bond acceptors (Lipinski definition) is 7. The molecule has 2 fully saturated rings. The van der Waals surface area contributed by atoms with Crippen molar-refractivity contribution in [2.24, 2.45) is 0 Å². The number of aliphatic hydroxyl groups is 5. The Hall–Kier alpha value is 0.0700. The van der Waals surface area contributed by atoms with Crippen LogP contribution in [0.1, 0.15) is 13.8 Å². The number of thiol groups is 1. The topological polar surface area (TPSA) is 120 Å². The normalized spacial score (nSPS) is 50.3. The molecule has 0 saturated carbocycles. The summed E-state index contributed by atoms with van der Waals surface area (Å²) in [5.74, 6) is -1.25. The van der Waals surface area contributed by atoms with E-state index in [1.54, 1.807) is 0 Å². The lowest BCUT2D eigenvalue weighted by molar-refractivity contribution is -0.350. The van der Waals surface area contributed by atoms with Crippen molar-refractivity contribution in [3.8, 4) is 0 Å². The molecule has 5 N–H and O–H groups in total. The van der Waals surface area contributed by atoms with Crippen LogP contribution in [0.4, 0.5) is 0 Å². The lowest BCUT2D eigenvalue weighted by atomic mass is 9.90. The fraction of sp³-hybridized carbons (Fsp3) is 1.00. The lowest BCUT2D eigenvalue weighted by Crippen LogP contribution is -2.70. The molecule has 0 spiro atoms. The van der Waals surface area contributed by atoms with Gasteiger partial charge in [0, 0.05) is 0 Å². The first-order chi connectivity index (χ1) is 9.82. The molecule has 8 heteroatoms. The molecule has 7 nitrogen and oxygen atoms in total. The maximum absolute atomic E-state index is 10.9. The molecule has 0 radical (unpaired) electrons. The first kappa shape index (κ1) is 17.4. The van der Waals surface area contributed by atoms with E-state index in [9.17, 15) is 25.5 Å². The highest BCUT2D eigenvalue weighted by molar-refractivity contribution is 8.18. The van der Waals surface area contributed by atoms with Crippen LogP contribution >= 0.6 is 10.9 Å². The summed E-state index contributed by atoms with van der Waals surface area (Å²) in [4.78, 5) is 0. The smallest absolute Gasteiger partial charge is 0.207 e. The van der Waals surface area contributed by atoms with Crippen molar-refractivity contribution in [2.75, 3.05) is 25.6 Å². The third kappa shape index (κ3) is 3.09. The van der Waals surface area contributed by atoms with E-state index in [4.69, 9.17) is 9.47 Å². The second-order valence-corrected chi connectivity index (χ2v) is 9.07. The fourth-order valence-electron chi connectivity index (χ4n) is 3.05. The Morgan fingerprint density at radius 2 is 1.90 bits per heavy atom. The summed E-state index contributed by atoms with van der Waals surface area (Å²) in [7, 11) is -0.684. The predicted octanol–water partition coefficient (Wildman–Crippen LogP) is -2.04. The van der Waals surface area contributed by atoms with Crippen LogP contribution in [0.15, 0.2) is 0 Å². The van der Waals surface area contributed by atoms with E-state index >= 15 is 0 Å². The Morgan fingerprint density at radius 1 is 1.24 bits per heavy atom. The van der Waals surface area contributed by atoms with Crippen LogP contribution in [0.2, 0.25) is 0 Å². The molecular weight excluding hydrogens is 300 g/mol. The van der Waals surface area contributed by atoms with Crippen molar-refractivity contribution in [2.45, 2.75) is 54.6 Å². The first-order valence-electron chi connectivity index (χ1n) is 7.21. The summed E-state index contributed by atoms with van der Waals surface area (Å²) in [6, 6.07) is 0. The van der Waals surface area contributed by atoms with E-state index in [0.29, 0.717) is 11.9 Å². The summed E-state index contributed by atoms with van der Waals surface area (Å²) in [6.45, 7) is 4.34. The average molecular weight is 326 g/mol. The average Bonchev–Trinajstić information content (AvgIpc) is 2.49. The van der Waals surface area contributed by atoms with Crippen molar-refractivity contribution < 1.29 is 35.0 Å². The molecule has 21 heavy (non-hydrogen) atoms. The second kappa shape index (κ2) is 6.67. The molecule has 2 rings (SSSR count). The minimum absolute atomic E-state index is 0.221. The minimum atomic E-state index is -2.03. The molecule has 0 amide bonds. The quantitative estimate of drug-likeness (QED) is 0.331. The largest absolute Gasteiger partial charge is 0.394 e. The van der Waals surface area contributed by atoms with Crippen molar-refractivity contribution in [1.29, 1.82) is 0 Å². The highest BCUT2D eigenvalue weighted by Gasteiger charge is 2.58. The van der Waals surface area contributed by atoms with Crippen LogP contribution in [-0.4, -0.2) is 91.8 Å². The Morgan fingerprint density at radius 3 is 2.48 bits per heavy atom. The Bertz CT molecular complexity index is 353. The number of hydrogen-bond donors (Lipinski definition) is 6. The van der Waals surface area contributed by atoms with Gasteiger partial charge in [-0.3, -0.25) is 0 Å². The molecule has 2 saturated heterocycles. The highest BCUT2D eigenvalue weighted by atomic mass is 32.2. The number of ether oxygens (including phenoxy) is 2. The molecule has 2 aliphatic rings. The number of aliphatic hydroxyl groups excluding tert-OH is 4. The molecule has 7 atom stereocenters. The monoisotopic (exact) mass is 326 g/mol.